The predicted molar refractivity (Wildman–Crippen MR) is 228 cm³/mol. The average Bonchev–Trinajstić information content (AvgIpc) is 3.67. The van der Waals surface area contributed by atoms with Gasteiger partial charge in [-0.05, 0) is 86.7 Å². The number of aromatic amines is 1. The number of carbonyl (C=O) groups is 6. The lowest BCUT2D eigenvalue weighted by atomic mass is 9.99. The van der Waals surface area contributed by atoms with Crippen molar-refractivity contribution in [1.29, 1.82) is 0 Å². The number of ether oxygens (including phenoxy) is 3. The zero-order valence-electron chi connectivity index (χ0n) is 34.9. The van der Waals surface area contributed by atoms with Crippen LogP contribution in [0.5, 0.6) is 0 Å². The Bertz CT molecular complexity index is 2310. The third-order valence-electron chi connectivity index (χ3n) is 11.3. The van der Waals surface area contributed by atoms with Crippen LogP contribution in [-0.4, -0.2) is 122 Å². The molecular formula is C46H53FN6O9. The highest BCUT2D eigenvalue weighted by atomic mass is 19.1. The largest absolute Gasteiger partial charge is 0.382 e. The first-order chi connectivity index (χ1) is 30.1. The van der Waals surface area contributed by atoms with E-state index in [0.29, 0.717) is 95.2 Å². The van der Waals surface area contributed by atoms with Gasteiger partial charge in [-0.3, -0.25) is 39.0 Å². The number of ketones is 1. The minimum Gasteiger partial charge on any atom is -0.382 e. The summed E-state index contributed by atoms with van der Waals surface area (Å²) >= 11 is 0. The Morgan fingerprint density at radius 1 is 0.855 bits per heavy atom. The van der Waals surface area contributed by atoms with Crippen molar-refractivity contribution in [3.8, 4) is 11.3 Å². The van der Waals surface area contributed by atoms with Gasteiger partial charge < -0.3 is 34.7 Å². The molecule has 15 nitrogen and oxygen atoms in total. The summed E-state index contributed by atoms with van der Waals surface area (Å²) in [6.07, 6.45) is 4.27. The van der Waals surface area contributed by atoms with Gasteiger partial charge in [0.2, 0.25) is 11.8 Å². The molecule has 3 aromatic carbocycles. The highest BCUT2D eigenvalue weighted by Gasteiger charge is 2.45. The molecule has 1 unspecified atom stereocenters. The van der Waals surface area contributed by atoms with Crippen LogP contribution in [0, 0.1) is 5.82 Å². The highest BCUT2D eigenvalue weighted by Crippen LogP contribution is 2.35. The number of nitrogens with zero attached hydrogens (tertiary/aromatic N) is 2. The normalized spacial score (nSPS) is 16.2. The average molecular weight is 853 g/mol. The van der Waals surface area contributed by atoms with Gasteiger partial charge in [-0.25, -0.2) is 4.39 Å². The van der Waals surface area contributed by atoms with Crippen molar-refractivity contribution in [2.45, 2.75) is 64.0 Å². The third kappa shape index (κ3) is 10.6. The number of rotatable bonds is 23. The quantitative estimate of drug-likeness (QED) is 0.0595. The number of anilines is 1. The molecule has 3 aliphatic heterocycles. The lowest BCUT2D eigenvalue weighted by Gasteiger charge is -2.27. The molecule has 0 saturated carbocycles. The molecule has 0 radical (unpaired) electrons. The number of amides is 5. The second-order valence-electron chi connectivity index (χ2n) is 15.8. The van der Waals surface area contributed by atoms with Crippen LogP contribution in [0.15, 0.2) is 54.6 Å². The molecule has 0 aliphatic carbocycles. The Balaban J connectivity index is 0.691. The topological polar surface area (TPSA) is 188 Å². The van der Waals surface area contributed by atoms with Crippen LogP contribution in [-0.2, 0) is 41.6 Å². The smallest absolute Gasteiger partial charge is 0.264 e. The number of aromatic nitrogens is 1. The van der Waals surface area contributed by atoms with Crippen LogP contribution < -0.4 is 16.0 Å². The number of fused-ring (bicyclic) bond motifs is 1. The number of nitrogens with one attached hydrogen (secondary N) is 4. The number of unbranched alkanes of at least 4 members (excludes halogenated alkanes) is 1. The van der Waals surface area contributed by atoms with Gasteiger partial charge >= 0.3 is 0 Å². The first-order valence-electron chi connectivity index (χ1n) is 21.3. The number of hydrogen-bond donors (Lipinski definition) is 4. The molecule has 0 spiro atoms. The number of halogens is 1. The molecule has 16 heteroatoms. The molecule has 4 heterocycles. The number of H-pyrrole nitrogens is 1. The number of piperidine rings is 1. The second-order valence-corrected chi connectivity index (χ2v) is 15.8. The summed E-state index contributed by atoms with van der Waals surface area (Å²) in [6, 6.07) is 15.0. The number of hydrogen-bond acceptors (Lipinski definition) is 11. The van der Waals surface area contributed by atoms with E-state index >= 15 is 0 Å². The number of imide groups is 2. The summed E-state index contributed by atoms with van der Waals surface area (Å²) in [7, 11) is 2.07. The van der Waals surface area contributed by atoms with Crippen LogP contribution in [0.3, 0.4) is 0 Å². The van der Waals surface area contributed by atoms with Crippen LogP contribution in [0.25, 0.3) is 22.2 Å². The molecule has 4 aromatic rings. The molecule has 4 N–H and O–H groups in total. The zero-order valence-corrected chi connectivity index (χ0v) is 34.9. The Morgan fingerprint density at radius 3 is 2.37 bits per heavy atom. The molecule has 328 valence electrons. The minimum atomic E-state index is -1.02. The summed E-state index contributed by atoms with van der Waals surface area (Å²) in [5.41, 5.74) is 5.97. The lowest BCUT2D eigenvalue weighted by molar-refractivity contribution is -0.136. The summed E-state index contributed by atoms with van der Waals surface area (Å²) < 4.78 is 31.1. The van der Waals surface area contributed by atoms with Gasteiger partial charge in [0.15, 0.2) is 0 Å². The maximum atomic E-state index is 14.3. The van der Waals surface area contributed by atoms with Gasteiger partial charge in [0.05, 0.1) is 49.7 Å². The molecule has 3 aliphatic rings. The summed E-state index contributed by atoms with van der Waals surface area (Å²) in [5, 5.41) is 8.99. The monoisotopic (exact) mass is 852 g/mol. The van der Waals surface area contributed by atoms with Crippen LogP contribution >= 0.6 is 0 Å². The van der Waals surface area contributed by atoms with Gasteiger partial charge in [0.1, 0.15) is 17.6 Å². The Morgan fingerprint density at radius 2 is 1.60 bits per heavy atom. The van der Waals surface area contributed by atoms with E-state index in [1.54, 1.807) is 18.2 Å². The Kier molecular flexibility index (Phi) is 14.9. The van der Waals surface area contributed by atoms with Crippen molar-refractivity contribution in [1.82, 2.24) is 25.4 Å². The van der Waals surface area contributed by atoms with Gasteiger partial charge in [0.25, 0.3) is 17.7 Å². The standard InChI is InChI=1S/C46H53FN6O9/c1-52(28-29-10-12-30(13-11-29)42-33-16-17-49-43(56)35-26-31(47)27-37(50-42)40(33)35)19-3-2-6-32(54)7-5-20-60-22-24-62-25-23-61-21-18-48-36-9-4-8-34-41(36)46(59)53(45(34)58)38-14-15-39(55)51-44(38)57/h4,8-13,26-27,38,48,50H,2-3,5-7,14-25,28H2,1H3,(H,49,56)(H,51,55,57). The van der Waals surface area contributed by atoms with Crippen molar-refractivity contribution >= 4 is 51.9 Å². The zero-order chi connectivity index (χ0) is 43.6. The molecule has 1 atom stereocenters. The Labute approximate surface area is 359 Å². The number of carbonyl (C=O) groups excluding carboxylic acids is 6. The molecule has 0 bridgehead atoms. The molecular weight excluding hydrogens is 800 g/mol. The van der Waals surface area contributed by atoms with Gasteiger partial charge in [-0.15, -0.1) is 0 Å². The van der Waals surface area contributed by atoms with Crippen LogP contribution in [0.2, 0.25) is 0 Å². The van der Waals surface area contributed by atoms with E-state index in [-0.39, 0.29) is 35.7 Å². The molecule has 1 aromatic heterocycles. The van der Waals surface area contributed by atoms with E-state index in [1.807, 2.05) is 0 Å². The lowest BCUT2D eigenvalue weighted by Crippen LogP contribution is -2.54. The van der Waals surface area contributed by atoms with E-state index in [0.717, 1.165) is 58.6 Å². The first kappa shape index (κ1) is 44.3. The highest BCUT2D eigenvalue weighted by molar-refractivity contribution is 6.25. The van der Waals surface area contributed by atoms with Gasteiger partial charge in [0, 0.05) is 67.8 Å². The maximum absolute atomic E-state index is 14.3. The molecule has 1 fully saturated rings. The Hall–Kier alpha value is -5.81. The van der Waals surface area contributed by atoms with E-state index in [9.17, 15) is 33.2 Å². The fourth-order valence-electron chi connectivity index (χ4n) is 8.27. The first-order valence-corrected chi connectivity index (χ1v) is 21.3. The van der Waals surface area contributed by atoms with Crippen LogP contribution in [0.1, 0.15) is 87.1 Å². The van der Waals surface area contributed by atoms with Crippen molar-refractivity contribution < 1.29 is 47.4 Å². The fraction of sp³-hybridized carbons (Fsp3) is 0.435. The molecule has 1 saturated heterocycles. The number of benzene rings is 3. The van der Waals surface area contributed by atoms with E-state index < -0.39 is 35.5 Å². The molecule has 7 rings (SSSR count). The van der Waals surface area contributed by atoms with Crippen molar-refractivity contribution in [2.75, 3.05) is 71.6 Å². The van der Waals surface area contributed by atoms with Gasteiger partial charge in [-0.2, -0.15) is 0 Å². The predicted octanol–water partition coefficient (Wildman–Crippen LogP) is 4.77. The second kappa shape index (κ2) is 20.8. The van der Waals surface area contributed by atoms with E-state index in [2.05, 4.69) is 57.1 Å². The van der Waals surface area contributed by atoms with Gasteiger partial charge in [-0.1, -0.05) is 30.3 Å². The minimum absolute atomic E-state index is 0.0582. The molecule has 62 heavy (non-hydrogen) atoms. The summed E-state index contributed by atoms with van der Waals surface area (Å²) in [5.74, 6) is -2.65. The summed E-state index contributed by atoms with van der Waals surface area (Å²) in [6.45, 7) is 4.87. The van der Waals surface area contributed by atoms with Crippen molar-refractivity contribution in [3.63, 3.8) is 0 Å². The summed E-state index contributed by atoms with van der Waals surface area (Å²) in [4.78, 5) is 81.6. The van der Waals surface area contributed by atoms with Crippen molar-refractivity contribution in [3.05, 3.63) is 88.2 Å². The SMILES string of the molecule is CN(CCCCC(=O)CCCOCCOCCOCCNc1cccc2c1C(=O)N(C1CCC(=O)NC1=O)C2=O)Cc1ccc(-c2[nH]c3cc(F)cc4c3c2CCNC4=O)cc1. The maximum Gasteiger partial charge on any atom is 0.264 e. The van der Waals surface area contributed by atoms with E-state index in [4.69, 9.17) is 14.2 Å². The number of Topliss-reactive ketones (excluding diaryl/α,β-unsaturated/α-hetero) is 1. The third-order valence-corrected chi connectivity index (χ3v) is 11.3. The fourth-order valence-corrected chi connectivity index (χ4v) is 8.27. The van der Waals surface area contributed by atoms with Crippen LogP contribution in [0.4, 0.5) is 10.1 Å². The van der Waals surface area contributed by atoms with Crippen molar-refractivity contribution in [2.24, 2.45) is 0 Å². The molecule has 5 amide bonds. The van der Waals surface area contributed by atoms with E-state index in [1.165, 1.54) is 12.1 Å².